The Bertz CT molecular complexity index is 1670. The van der Waals surface area contributed by atoms with Gasteiger partial charge in [0.2, 0.25) is 5.95 Å². The van der Waals surface area contributed by atoms with E-state index in [-0.39, 0.29) is 32.1 Å². The van der Waals surface area contributed by atoms with Gasteiger partial charge in [-0.2, -0.15) is 4.98 Å². The topological polar surface area (TPSA) is 116 Å². The van der Waals surface area contributed by atoms with Gasteiger partial charge in [0.25, 0.3) is 5.56 Å². The van der Waals surface area contributed by atoms with Crippen molar-refractivity contribution >= 4 is 53.7 Å². The summed E-state index contributed by atoms with van der Waals surface area (Å²) in [5.41, 5.74) is 7.15. The first-order valence-electron chi connectivity index (χ1n) is 16.8. The molecule has 0 radical (unpaired) electrons. The lowest BCUT2D eigenvalue weighted by Gasteiger charge is -2.44. The maximum absolute atomic E-state index is 13.9. The molecular weight excluding hydrogens is 678 g/mol. The summed E-state index contributed by atoms with van der Waals surface area (Å²) in [6.45, 7) is 33.9. The molecule has 2 N–H and O–H groups in total. The number of aromatic nitrogens is 4. The first-order valence-corrected chi connectivity index (χ1v) is 25.9. The van der Waals surface area contributed by atoms with Crippen LogP contribution in [0.3, 0.4) is 0 Å². The fraction of sp³-hybridized carbons (Fsp3) is 0.676. The Morgan fingerprint density at radius 2 is 1.33 bits per heavy atom. The number of imidazole rings is 1. The molecule has 4 rings (SSSR count). The van der Waals surface area contributed by atoms with Crippen molar-refractivity contribution < 1.29 is 18.0 Å². The van der Waals surface area contributed by atoms with Gasteiger partial charge in [0.05, 0.1) is 18.6 Å². The summed E-state index contributed by atoms with van der Waals surface area (Å²) in [4.78, 5) is 23.2. The number of nitrogen functional groups attached to an aromatic ring is 1. The Balaban J connectivity index is 1.89. The third-order valence-corrected chi connectivity index (χ3v) is 24.9. The van der Waals surface area contributed by atoms with Gasteiger partial charge in [0.15, 0.2) is 42.3 Å². The Kier molecular flexibility index (Phi) is 10.6. The zero-order valence-corrected chi connectivity index (χ0v) is 35.4. The first kappa shape index (κ1) is 38.9. The van der Waals surface area contributed by atoms with E-state index >= 15 is 0 Å². The van der Waals surface area contributed by atoms with E-state index in [9.17, 15) is 4.79 Å². The second-order valence-electron chi connectivity index (χ2n) is 17.7. The molecule has 0 amide bonds. The van der Waals surface area contributed by atoms with Gasteiger partial charge in [0.1, 0.15) is 18.3 Å². The molecule has 1 aliphatic heterocycles. The lowest BCUT2D eigenvalue weighted by atomic mass is 10.1. The van der Waals surface area contributed by atoms with Crippen LogP contribution in [0.5, 0.6) is 0 Å². The van der Waals surface area contributed by atoms with Crippen LogP contribution in [0, 0.1) is 0 Å². The molecule has 3 heterocycles. The van der Waals surface area contributed by atoms with Crippen LogP contribution in [-0.4, -0.2) is 69.0 Å². The van der Waals surface area contributed by atoms with Crippen LogP contribution in [0.15, 0.2) is 35.4 Å². The van der Waals surface area contributed by atoms with E-state index in [1.165, 1.54) is 4.57 Å². The molecule has 10 nitrogen and oxygen atoms in total. The Morgan fingerprint density at radius 3 is 1.83 bits per heavy atom. The normalized spacial score (nSPS) is 21.8. The summed E-state index contributed by atoms with van der Waals surface area (Å²) in [6, 6.07) is 6.86. The number of anilines is 1. The molecule has 0 aliphatic carbocycles. The molecule has 0 unspecified atom stereocenters. The van der Waals surface area contributed by atoms with Crippen molar-refractivity contribution in [2.75, 3.05) is 12.3 Å². The Hall–Kier alpha value is -1.85. The smallest absolute Gasteiger partial charge is 0.287 e. The highest BCUT2D eigenvalue weighted by molar-refractivity contribution is 6.75. The molecule has 3 aromatic rings. The summed E-state index contributed by atoms with van der Waals surface area (Å²) >= 11 is 6.11. The van der Waals surface area contributed by atoms with Gasteiger partial charge < -0.3 is 23.7 Å². The highest BCUT2D eigenvalue weighted by atomic mass is 35.5. The van der Waals surface area contributed by atoms with Crippen molar-refractivity contribution in [1.29, 1.82) is 0 Å². The largest absolute Gasteiger partial charge is 0.414 e. The second kappa shape index (κ2) is 13.0. The number of benzene rings is 1. The van der Waals surface area contributed by atoms with E-state index in [1.807, 2.05) is 0 Å². The van der Waals surface area contributed by atoms with Crippen molar-refractivity contribution in [2.24, 2.45) is 0 Å². The fourth-order valence-corrected chi connectivity index (χ4v) is 8.63. The number of rotatable bonds is 9. The third kappa shape index (κ3) is 7.58. The van der Waals surface area contributed by atoms with E-state index < -0.39 is 49.5 Å². The minimum atomic E-state index is -2.39. The van der Waals surface area contributed by atoms with Crippen LogP contribution < -0.4 is 11.3 Å². The highest BCUT2D eigenvalue weighted by Gasteiger charge is 2.55. The number of fused-ring (bicyclic) bond motifs is 1. The van der Waals surface area contributed by atoms with Crippen molar-refractivity contribution in [3.63, 3.8) is 0 Å². The summed E-state index contributed by atoms with van der Waals surface area (Å²) in [5, 5.41) is 0.434. The molecular formula is C34H58ClN5O5Si3. The van der Waals surface area contributed by atoms with Gasteiger partial charge in [-0.15, -0.1) is 0 Å². The molecule has 0 bridgehead atoms. The van der Waals surface area contributed by atoms with Gasteiger partial charge in [-0.1, -0.05) is 73.9 Å². The monoisotopic (exact) mass is 735 g/mol. The predicted molar refractivity (Wildman–Crippen MR) is 204 cm³/mol. The molecule has 1 aliphatic rings. The maximum Gasteiger partial charge on any atom is 0.287 e. The number of hydrogen-bond donors (Lipinski definition) is 1. The minimum Gasteiger partial charge on any atom is -0.414 e. The molecule has 0 saturated carbocycles. The SMILES string of the molecule is CC(C)(C)[Si](C)(C)OC[C@H]1O[C@@H](n2cnc3c(=O)n(-c4ccc(Cl)cc4)c(N)nc32)[C@H](O[Si](C)(C)C(C)(C)C)[C@@H]1O[Si](C)(C)C(C)(C)C. The summed E-state index contributed by atoms with van der Waals surface area (Å²) in [7, 11) is -6.86. The molecule has 2 aromatic heterocycles. The number of nitrogens with two attached hydrogens (primary N) is 1. The van der Waals surface area contributed by atoms with E-state index in [0.717, 1.165) is 0 Å². The van der Waals surface area contributed by atoms with Crippen molar-refractivity contribution in [3.05, 3.63) is 46.0 Å². The van der Waals surface area contributed by atoms with Crippen LogP contribution >= 0.6 is 11.6 Å². The average Bonchev–Trinajstić information content (AvgIpc) is 3.47. The summed E-state index contributed by atoms with van der Waals surface area (Å²) in [6.07, 6.45) is -0.467. The van der Waals surface area contributed by atoms with Gasteiger partial charge >= 0.3 is 0 Å². The molecule has 48 heavy (non-hydrogen) atoms. The van der Waals surface area contributed by atoms with E-state index in [4.69, 9.17) is 40.3 Å². The lowest BCUT2D eigenvalue weighted by Crippen LogP contribution is -2.54. The van der Waals surface area contributed by atoms with Crippen molar-refractivity contribution in [2.45, 2.75) is 141 Å². The van der Waals surface area contributed by atoms with Crippen LogP contribution in [-0.2, 0) is 18.0 Å². The number of halogens is 1. The molecule has 14 heteroatoms. The Morgan fingerprint density at radius 1 is 0.833 bits per heavy atom. The molecule has 1 aromatic carbocycles. The molecule has 1 saturated heterocycles. The van der Waals surface area contributed by atoms with Gasteiger partial charge in [-0.25, -0.2) is 9.55 Å². The number of nitrogens with zero attached hydrogens (tertiary/aromatic N) is 4. The standard InChI is InChI=1S/C34H58ClN5O5Si3/c1-32(2,3)46(10,11)42-20-24-26(44-47(12,13)33(4,5)6)27(45-48(14,15)34(7,8)9)30(43-24)39-21-37-25-28(39)38-31(36)40(29(25)41)23-18-16-22(35)17-19-23/h16-19,21,24,26-27,30H,20H2,1-15H3,(H2,36,38)/t24-,26-,27-,30-/m1/s1. The van der Waals surface area contributed by atoms with Gasteiger partial charge in [-0.05, 0) is 78.7 Å². The summed E-state index contributed by atoms with van der Waals surface area (Å²) < 4.78 is 31.5. The van der Waals surface area contributed by atoms with Crippen molar-refractivity contribution in [3.8, 4) is 5.69 Å². The number of hydrogen-bond acceptors (Lipinski definition) is 8. The lowest BCUT2D eigenvalue weighted by molar-refractivity contribution is -0.0470. The zero-order valence-electron chi connectivity index (χ0n) is 31.7. The van der Waals surface area contributed by atoms with Crippen LogP contribution in [0.2, 0.25) is 59.4 Å². The van der Waals surface area contributed by atoms with E-state index in [2.05, 4.69) is 107 Å². The molecule has 4 atom stereocenters. The van der Waals surface area contributed by atoms with Gasteiger partial charge in [0, 0.05) is 5.02 Å². The van der Waals surface area contributed by atoms with E-state index in [1.54, 1.807) is 35.2 Å². The Labute approximate surface area is 295 Å². The van der Waals surface area contributed by atoms with Crippen LogP contribution in [0.1, 0.15) is 68.5 Å². The fourth-order valence-electron chi connectivity index (χ4n) is 4.89. The van der Waals surface area contributed by atoms with Crippen LogP contribution in [0.25, 0.3) is 16.9 Å². The predicted octanol–water partition coefficient (Wildman–Crippen LogP) is 8.52. The first-order chi connectivity index (χ1) is 21.7. The van der Waals surface area contributed by atoms with Crippen LogP contribution in [0.4, 0.5) is 5.95 Å². The average molecular weight is 737 g/mol. The maximum atomic E-state index is 13.9. The molecule has 1 fully saturated rings. The highest BCUT2D eigenvalue weighted by Crippen LogP contribution is 2.47. The zero-order chi connectivity index (χ0) is 36.4. The van der Waals surface area contributed by atoms with Gasteiger partial charge in [-0.3, -0.25) is 9.36 Å². The van der Waals surface area contributed by atoms with Crippen molar-refractivity contribution in [1.82, 2.24) is 19.1 Å². The molecule has 0 spiro atoms. The second-order valence-corrected chi connectivity index (χ2v) is 32.5. The number of ether oxygens (including phenoxy) is 1. The minimum absolute atomic E-state index is 0.0177. The summed E-state index contributed by atoms with van der Waals surface area (Å²) in [5.74, 6) is 0.0308. The molecule has 268 valence electrons. The quantitative estimate of drug-likeness (QED) is 0.218. The third-order valence-electron chi connectivity index (χ3n) is 11.2. The van der Waals surface area contributed by atoms with E-state index in [0.29, 0.717) is 23.0 Å².